The van der Waals surface area contributed by atoms with Crippen molar-refractivity contribution in [2.45, 2.75) is 6.18 Å². The first kappa shape index (κ1) is 40.1. The number of alkyl halides is 3. The van der Waals surface area contributed by atoms with E-state index >= 15 is 22.0 Å². The predicted molar refractivity (Wildman–Crippen MR) is 274 cm³/mol. The van der Waals surface area contributed by atoms with Crippen molar-refractivity contribution < 1.29 is 22.0 Å². The predicted octanol–water partition coefficient (Wildman–Crippen LogP) is 17.0. The lowest BCUT2D eigenvalue weighted by Gasteiger charge is -2.22. The third kappa shape index (κ3) is 5.69. The van der Waals surface area contributed by atoms with Gasteiger partial charge in [0.2, 0.25) is 0 Å². The first-order valence-electron chi connectivity index (χ1n) is 23.0. The molecular formula is C61H35F5N4. The molecule has 0 unspecified atom stereocenters. The maximum atomic E-state index is 16.6. The minimum atomic E-state index is -4.94. The maximum Gasteiger partial charge on any atom is 0.418 e. The molecule has 0 bridgehead atoms. The molecule has 0 amide bonds. The standard InChI is InChI=1S/C61H35F5N4/c62-48-20-13-21-49(63)60(48)46-34-59(70-55-27-12-6-19-43(55)45-31-29-37(33-57(45)70)68-52-24-9-3-16-40(52)41-17-4-10-25-53(41)68)47(61(64,65)66)35-58(46)69-54-26-11-5-18-42(54)44-30-28-36(32-56(44)69)67-50-22-7-1-14-38(50)39-15-2-8-23-51(39)67/h1-35H. The van der Waals surface area contributed by atoms with Crippen molar-refractivity contribution in [3.8, 4) is 33.9 Å². The molecule has 4 nitrogen and oxygen atoms in total. The van der Waals surface area contributed by atoms with E-state index in [0.717, 1.165) is 94.7 Å². The molecular weight excluding hydrogens is 884 g/mol. The van der Waals surface area contributed by atoms with Crippen molar-refractivity contribution in [2.75, 3.05) is 0 Å². The van der Waals surface area contributed by atoms with Crippen LogP contribution in [0.1, 0.15) is 5.56 Å². The Morgan fingerprint density at radius 2 is 0.614 bits per heavy atom. The van der Waals surface area contributed by atoms with Gasteiger partial charge in [0.15, 0.2) is 0 Å². The van der Waals surface area contributed by atoms with E-state index in [4.69, 9.17) is 0 Å². The van der Waals surface area contributed by atoms with Crippen LogP contribution in [0, 0.1) is 11.6 Å². The number of halogens is 5. The Hall–Kier alpha value is -8.95. The highest BCUT2D eigenvalue weighted by atomic mass is 19.4. The molecule has 0 spiro atoms. The summed E-state index contributed by atoms with van der Waals surface area (Å²) < 4.78 is 90.1. The van der Waals surface area contributed by atoms with Crippen LogP contribution < -0.4 is 0 Å². The van der Waals surface area contributed by atoms with Gasteiger partial charge in [0.25, 0.3) is 0 Å². The fourth-order valence-corrected chi connectivity index (χ4v) is 11.2. The molecule has 4 heterocycles. The first-order chi connectivity index (χ1) is 34.2. The molecule has 0 saturated carbocycles. The number of hydrogen-bond donors (Lipinski definition) is 0. The molecule has 0 N–H and O–H groups in total. The van der Waals surface area contributed by atoms with Crippen LogP contribution in [0.3, 0.4) is 0 Å². The summed E-state index contributed by atoms with van der Waals surface area (Å²) in [5.74, 6) is -1.82. The summed E-state index contributed by atoms with van der Waals surface area (Å²) in [6, 6.07) is 64.8. The number of benzene rings is 10. The number of aromatic nitrogens is 4. The highest BCUT2D eigenvalue weighted by molar-refractivity contribution is 6.14. The third-order valence-corrected chi connectivity index (χ3v) is 14.1. The van der Waals surface area contributed by atoms with E-state index in [0.29, 0.717) is 22.1 Å². The highest BCUT2D eigenvalue weighted by Crippen LogP contribution is 2.47. The zero-order valence-electron chi connectivity index (χ0n) is 36.9. The molecule has 0 aliphatic rings. The Balaban J connectivity index is 1.10. The van der Waals surface area contributed by atoms with Gasteiger partial charge in [-0.2, -0.15) is 13.2 Å². The molecule has 0 saturated heterocycles. The Kier molecular flexibility index (Phi) is 8.47. The van der Waals surface area contributed by atoms with E-state index in [1.807, 2.05) is 146 Å². The van der Waals surface area contributed by atoms with E-state index in [-0.39, 0.29) is 16.9 Å². The molecule has 0 aliphatic heterocycles. The van der Waals surface area contributed by atoms with Gasteiger partial charge >= 0.3 is 6.18 Å². The van der Waals surface area contributed by atoms with Gasteiger partial charge in [-0.25, -0.2) is 8.78 Å². The number of nitrogens with zero attached hydrogens (tertiary/aromatic N) is 4. The van der Waals surface area contributed by atoms with Crippen LogP contribution in [0.15, 0.2) is 212 Å². The molecule has 14 aromatic rings. The normalized spacial score (nSPS) is 12.4. The van der Waals surface area contributed by atoms with Crippen LogP contribution in [0.5, 0.6) is 0 Å². The Bertz CT molecular complexity index is 4380. The van der Waals surface area contributed by atoms with Crippen molar-refractivity contribution in [1.29, 1.82) is 0 Å². The van der Waals surface area contributed by atoms with Crippen LogP contribution in [0.4, 0.5) is 22.0 Å². The molecule has 14 rings (SSSR count). The van der Waals surface area contributed by atoms with Gasteiger partial charge in [0.1, 0.15) is 11.6 Å². The molecule has 10 aromatic carbocycles. The van der Waals surface area contributed by atoms with E-state index < -0.39 is 28.9 Å². The van der Waals surface area contributed by atoms with Gasteiger partial charge in [-0.15, -0.1) is 0 Å². The topological polar surface area (TPSA) is 19.7 Å². The fourth-order valence-electron chi connectivity index (χ4n) is 11.2. The van der Waals surface area contributed by atoms with E-state index in [2.05, 4.69) is 33.4 Å². The van der Waals surface area contributed by atoms with Gasteiger partial charge in [0.05, 0.1) is 66.6 Å². The minimum absolute atomic E-state index is 0.0302. The number of hydrogen-bond acceptors (Lipinski definition) is 0. The number of fused-ring (bicyclic) bond motifs is 12. The molecule has 0 fully saturated rings. The monoisotopic (exact) mass is 918 g/mol. The number of para-hydroxylation sites is 6. The van der Waals surface area contributed by atoms with Crippen molar-refractivity contribution >= 4 is 87.2 Å². The lowest BCUT2D eigenvalue weighted by atomic mass is 9.97. The van der Waals surface area contributed by atoms with Crippen LogP contribution in [0.2, 0.25) is 0 Å². The summed E-state index contributed by atoms with van der Waals surface area (Å²) in [6.07, 6.45) is -4.94. The summed E-state index contributed by atoms with van der Waals surface area (Å²) in [5, 5.41) is 7.15. The molecule has 0 aliphatic carbocycles. The second-order valence-corrected chi connectivity index (χ2v) is 17.8. The van der Waals surface area contributed by atoms with E-state index in [1.54, 1.807) is 21.3 Å². The maximum absolute atomic E-state index is 16.6. The highest BCUT2D eigenvalue weighted by Gasteiger charge is 2.37. The number of rotatable bonds is 5. The summed E-state index contributed by atoms with van der Waals surface area (Å²) >= 11 is 0. The summed E-state index contributed by atoms with van der Waals surface area (Å²) in [5.41, 5.74) is 5.66. The zero-order chi connectivity index (χ0) is 47.0. The van der Waals surface area contributed by atoms with Gasteiger partial charge in [-0.1, -0.05) is 127 Å². The summed E-state index contributed by atoms with van der Waals surface area (Å²) in [7, 11) is 0. The quantitative estimate of drug-likeness (QED) is 0.153. The van der Waals surface area contributed by atoms with Gasteiger partial charge in [-0.3, -0.25) is 0 Å². The van der Waals surface area contributed by atoms with Crippen molar-refractivity contribution in [1.82, 2.24) is 18.3 Å². The SMILES string of the molecule is Fc1cccc(F)c1-c1cc(-n2c3ccccc3c3ccc(-n4c5ccccc5c5ccccc54)cc32)c(C(F)(F)F)cc1-n1c2ccccc2c2ccc(-n3c4ccccc4c4ccccc43)cc21. The second-order valence-electron chi connectivity index (χ2n) is 17.8. The van der Waals surface area contributed by atoms with Crippen LogP contribution in [0.25, 0.3) is 121 Å². The van der Waals surface area contributed by atoms with Crippen molar-refractivity contribution in [2.24, 2.45) is 0 Å². The van der Waals surface area contributed by atoms with Crippen LogP contribution in [-0.4, -0.2) is 18.3 Å². The molecule has 4 aromatic heterocycles. The first-order valence-corrected chi connectivity index (χ1v) is 23.0. The van der Waals surface area contributed by atoms with Crippen LogP contribution >= 0.6 is 0 Å². The molecule has 9 heteroatoms. The minimum Gasteiger partial charge on any atom is -0.309 e. The molecule has 0 atom stereocenters. The van der Waals surface area contributed by atoms with Crippen molar-refractivity contribution in [3.05, 3.63) is 230 Å². The second kappa shape index (κ2) is 14.8. The zero-order valence-corrected chi connectivity index (χ0v) is 36.9. The molecule has 70 heavy (non-hydrogen) atoms. The smallest absolute Gasteiger partial charge is 0.309 e. The summed E-state index contributed by atoms with van der Waals surface area (Å²) in [4.78, 5) is 0. The van der Waals surface area contributed by atoms with E-state index in [1.165, 1.54) is 12.1 Å². The van der Waals surface area contributed by atoms with E-state index in [9.17, 15) is 0 Å². The average molecular weight is 919 g/mol. The summed E-state index contributed by atoms with van der Waals surface area (Å²) in [6.45, 7) is 0. The van der Waals surface area contributed by atoms with Gasteiger partial charge < -0.3 is 18.3 Å². The Labute approximate surface area is 395 Å². The molecule has 334 valence electrons. The largest absolute Gasteiger partial charge is 0.418 e. The Morgan fingerprint density at radius 3 is 0.986 bits per heavy atom. The van der Waals surface area contributed by atoms with Crippen LogP contribution in [-0.2, 0) is 6.18 Å². The third-order valence-electron chi connectivity index (χ3n) is 14.1. The Morgan fingerprint density at radius 1 is 0.286 bits per heavy atom. The van der Waals surface area contributed by atoms with Crippen molar-refractivity contribution in [3.63, 3.8) is 0 Å². The fraction of sp³-hybridized carbons (Fsp3) is 0.0164. The lowest BCUT2D eigenvalue weighted by molar-refractivity contribution is -0.137. The van der Waals surface area contributed by atoms with Gasteiger partial charge in [-0.05, 0) is 84.9 Å². The molecule has 0 radical (unpaired) electrons. The lowest BCUT2D eigenvalue weighted by Crippen LogP contribution is -2.14. The average Bonchev–Trinajstić information content (AvgIpc) is 4.10. The van der Waals surface area contributed by atoms with Gasteiger partial charge in [0, 0.05) is 60.0 Å².